The van der Waals surface area contributed by atoms with Gasteiger partial charge in [0.15, 0.2) is 0 Å². The highest BCUT2D eigenvalue weighted by Crippen LogP contribution is 2.37. The minimum Gasteiger partial charge on any atom is -0.496 e. The molecule has 0 saturated carbocycles. The Kier molecular flexibility index (Phi) is 4.36. The van der Waals surface area contributed by atoms with Crippen molar-refractivity contribution in [1.29, 1.82) is 0 Å². The quantitative estimate of drug-likeness (QED) is 0.910. The summed E-state index contributed by atoms with van der Waals surface area (Å²) in [7, 11) is 1.61. The molecule has 2 aromatic rings. The molecule has 0 aliphatic heterocycles. The maximum absolute atomic E-state index is 10.7. The second kappa shape index (κ2) is 5.86. The van der Waals surface area contributed by atoms with Gasteiger partial charge in [-0.2, -0.15) is 0 Å². The fourth-order valence-electron chi connectivity index (χ4n) is 2.50. The number of aliphatic hydroxyl groups is 1. The standard InChI is InChI=1S/C17H19ClO2/c1-10-8-12(3)15(14(9-10)20-4)17(19)13-7-5-6-11(2)16(13)18/h5-9,17,19H,1-4H3. The normalized spacial score (nSPS) is 12.3. The molecular formula is C17H19ClO2. The van der Waals surface area contributed by atoms with Crippen LogP contribution in [0.2, 0.25) is 5.02 Å². The number of hydrogen-bond acceptors (Lipinski definition) is 2. The van der Waals surface area contributed by atoms with Crippen LogP contribution in [0.4, 0.5) is 0 Å². The first-order valence-electron chi connectivity index (χ1n) is 6.54. The van der Waals surface area contributed by atoms with E-state index in [-0.39, 0.29) is 0 Å². The number of ether oxygens (including phenoxy) is 1. The number of aliphatic hydroxyl groups excluding tert-OH is 1. The molecule has 20 heavy (non-hydrogen) atoms. The van der Waals surface area contributed by atoms with Gasteiger partial charge < -0.3 is 9.84 Å². The molecule has 0 spiro atoms. The van der Waals surface area contributed by atoms with Gasteiger partial charge >= 0.3 is 0 Å². The smallest absolute Gasteiger partial charge is 0.125 e. The van der Waals surface area contributed by atoms with Gasteiger partial charge in [-0.15, -0.1) is 0 Å². The van der Waals surface area contributed by atoms with E-state index in [1.165, 1.54) is 0 Å². The van der Waals surface area contributed by atoms with Crippen LogP contribution in [0.15, 0.2) is 30.3 Å². The highest BCUT2D eigenvalue weighted by molar-refractivity contribution is 6.32. The zero-order valence-corrected chi connectivity index (χ0v) is 13.0. The monoisotopic (exact) mass is 290 g/mol. The second-order valence-electron chi connectivity index (χ2n) is 5.08. The van der Waals surface area contributed by atoms with E-state index in [0.29, 0.717) is 16.3 Å². The van der Waals surface area contributed by atoms with Crippen LogP contribution in [0.25, 0.3) is 0 Å². The van der Waals surface area contributed by atoms with Gasteiger partial charge in [-0.05, 0) is 43.5 Å². The van der Waals surface area contributed by atoms with Crippen molar-refractivity contribution in [3.63, 3.8) is 0 Å². The Morgan fingerprint density at radius 2 is 1.80 bits per heavy atom. The predicted octanol–water partition coefficient (Wildman–Crippen LogP) is 4.36. The van der Waals surface area contributed by atoms with E-state index >= 15 is 0 Å². The lowest BCUT2D eigenvalue weighted by atomic mass is 9.94. The summed E-state index contributed by atoms with van der Waals surface area (Å²) in [6.45, 7) is 5.90. The van der Waals surface area contributed by atoms with Crippen LogP contribution >= 0.6 is 11.6 Å². The number of rotatable bonds is 3. The molecule has 2 rings (SSSR count). The van der Waals surface area contributed by atoms with Crippen LogP contribution in [0.3, 0.4) is 0 Å². The molecule has 0 fully saturated rings. The lowest BCUT2D eigenvalue weighted by Gasteiger charge is -2.20. The summed E-state index contributed by atoms with van der Waals surface area (Å²) in [6, 6.07) is 9.63. The van der Waals surface area contributed by atoms with Crippen LogP contribution in [-0.4, -0.2) is 12.2 Å². The van der Waals surface area contributed by atoms with E-state index in [2.05, 4.69) is 0 Å². The molecule has 0 heterocycles. The molecule has 0 aliphatic rings. The summed E-state index contributed by atoms with van der Waals surface area (Å²) >= 11 is 6.32. The van der Waals surface area contributed by atoms with Gasteiger partial charge in [0.05, 0.1) is 7.11 Å². The Morgan fingerprint density at radius 1 is 1.10 bits per heavy atom. The largest absolute Gasteiger partial charge is 0.496 e. The summed E-state index contributed by atoms with van der Waals surface area (Å²) < 4.78 is 5.42. The van der Waals surface area contributed by atoms with Crippen molar-refractivity contribution in [2.24, 2.45) is 0 Å². The molecule has 0 aromatic heterocycles. The average Bonchev–Trinajstić information content (AvgIpc) is 2.40. The third kappa shape index (κ3) is 2.67. The Hall–Kier alpha value is -1.51. The summed E-state index contributed by atoms with van der Waals surface area (Å²) in [5.41, 5.74) is 4.52. The van der Waals surface area contributed by atoms with E-state index < -0.39 is 6.10 Å². The maximum atomic E-state index is 10.7. The van der Waals surface area contributed by atoms with E-state index in [9.17, 15) is 5.11 Å². The Balaban J connectivity index is 2.59. The number of methoxy groups -OCH3 is 1. The van der Waals surface area contributed by atoms with Crippen LogP contribution in [0.1, 0.15) is 33.9 Å². The van der Waals surface area contributed by atoms with Crippen LogP contribution in [-0.2, 0) is 0 Å². The third-order valence-electron chi connectivity index (χ3n) is 3.50. The minimum atomic E-state index is -0.794. The first kappa shape index (κ1) is 14.9. The molecule has 0 saturated heterocycles. The summed E-state index contributed by atoms with van der Waals surface area (Å²) in [4.78, 5) is 0. The predicted molar refractivity (Wildman–Crippen MR) is 82.7 cm³/mol. The second-order valence-corrected chi connectivity index (χ2v) is 5.46. The molecule has 0 amide bonds. The fourth-order valence-corrected chi connectivity index (χ4v) is 2.73. The van der Waals surface area contributed by atoms with Gasteiger partial charge in [-0.25, -0.2) is 0 Å². The lowest BCUT2D eigenvalue weighted by Crippen LogP contribution is -2.06. The van der Waals surface area contributed by atoms with Crippen LogP contribution in [0, 0.1) is 20.8 Å². The summed E-state index contributed by atoms with van der Waals surface area (Å²) in [6.07, 6.45) is -0.794. The Bertz CT molecular complexity index is 635. The molecule has 0 bridgehead atoms. The maximum Gasteiger partial charge on any atom is 0.125 e. The van der Waals surface area contributed by atoms with Gasteiger partial charge in [-0.1, -0.05) is 35.9 Å². The van der Waals surface area contributed by atoms with Crippen molar-refractivity contribution >= 4 is 11.6 Å². The third-order valence-corrected chi connectivity index (χ3v) is 4.02. The zero-order valence-electron chi connectivity index (χ0n) is 12.2. The van der Waals surface area contributed by atoms with E-state index in [1.807, 2.05) is 51.1 Å². The first-order valence-corrected chi connectivity index (χ1v) is 6.91. The molecule has 3 heteroatoms. The molecule has 1 N–H and O–H groups in total. The highest BCUT2D eigenvalue weighted by atomic mass is 35.5. The van der Waals surface area contributed by atoms with Crippen LogP contribution < -0.4 is 4.74 Å². The SMILES string of the molecule is COc1cc(C)cc(C)c1C(O)c1cccc(C)c1Cl. The summed E-state index contributed by atoms with van der Waals surface area (Å²) in [5.74, 6) is 0.688. The average molecular weight is 291 g/mol. The first-order chi connectivity index (χ1) is 9.45. The van der Waals surface area contributed by atoms with E-state index in [1.54, 1.807) is 7.11 Å². The van der Waals surface area contributed by atoms with Gasteiger partial charge in [0, 0.05) is 16.1 Å². The highest BCUT2D eigenvalue weighted by Gasteiger charge is 2.21. The van der Waals surface area contributed by atoms with Crippen molar-refractivity contribution in [3.8, 4) is 5.75 Å². The Labute approximate surface area is 125 Å². The topological polar surface area (TPSA) is 29.5 Å². The van der Waals surface area contributed by atoms with E-state index in [4.69, 9.17) is 16.3 Å². The van der Waals surface area contributed by atoms with Crippen molar-refractivity contribution in [2.75, 3.05) is 7.11 Å². The number of halogens is 1. The van der Waals surface area contributed by atoms with Crippen molar-refractivity contribution < 1.29 is 9.84 Å². The fraction of sp³-hybridized carbons (Fsp3) is 0.294. The lowest BCUT2D eigenvalue weighted by molar-refractivity contribution is 0.214. The zero-order chi connectivity index (χ0) is 14.9. The van der Waals surface area contributed by atoms with Gasteiger partial charge in [-0.3, -0.25) is 0 Å². The van der Waals surface area contributed by atoms with E-state index in [0.717, 1.165) is 22.3 Å². The minimum absolute atomic E-state index is 0.599. The van der Waals surface area contributed by atoms with Crippen molar-refractivity contribution in [2.45, 2.75) is 26.9 Å². The molecule has 1 atom stereocenters. The molecule has 2 nitrogen and oxygen atoms in total. The van der Waals surface area contributed by atoms with Crippen molar-refractivity contribution in [1.82, 2.24) is 0 Å². The number of benzene rings is 2. The molecular weight excluding hydrogens is 272 g/mol. The molecule has 1 unspecified atom stereocenters. The Morgan fingerprint density at radius 3 is 2.45 bits per heavy atom. The van der Waals surface area contributed by atoms with Gasteiger partial charge in [0.25, 0.3) is 0 Å². The number of hydrogen-bond donors (Lipinski definition) is 1. The van der Waals surface area contributed by atoms with Gasteiger partial charge in [0.1, 0.15) is 11.9 Å². The molecule has 0 radical (unpaired) electrons. The van der Waals surface area contributed by atoms with Crippen LogP contribution in [0.5, 0.6) is 5.75 Å². The number of aryl methyl sites for hydroxylation is 3. The van der Waals surface area contributed by atoms with Crippen molar-refractivity contribution in [3.05, 3.63) is 63.2 Å². The molecule has 2 aromatic carbocycles. The molecule has 106 valence electrons. The summed E-state index contributed by atoms with van der Waals surface area (Å²) in [5, 5.41) is 11.3. The van der Waals surface area contributed by atoms with Gasteiger partial charge in [0.2, 0.25) is 0 Å². The molecule has 0 aliphatic carbocycles.